The van der Waals surface area contributed by atoms with Crippen LogP contribution in [0.5, 0.6) is 0 Å². The van der Waals surface area contributed by atoms with Gasteiger partial charge in [0.1, 0.15) is 13.2 Å². The largest absolute Gasteiger partial charge is 0.463 e. The molecule has 0 saturated heterocycles. The Kier molecular flexibility index (Phi) is 7.55. The molecule has 0 fully saturated rings. The maximum Gasteiger partial charge on any atom is 0.338 e. The molecule has 0 unspecified atom stereocenters. The molecule has 0 spiro atoms. The van der Waals surface area contributed by atoms with Gasteiger partial charge in [0.15, 0.2) is 0 Å². The molecule has 1 heterocycles. The summed E-state index contributed by atoms with van der Waals surface area (Å²) >= 11 is 0. The molecule has 9 heteroatoms. The van der Waals surface area contributed by atoms with Gasteiger partial charge in [-0.05, 0) is 25.5 Å². The third-order valence-electron chi connectivity index (χ3n) is 3.95. The Morgan fingerprint density at radius 1 is 1.11 bits per heavy atom. The molecular formula is C19H23N3O6. The zero-order valence-corrected chi connectivity index (χ0v) is 15.7. The van der Waals surface area contributed by atoms with Crippen LogP contribution in [0.25, 0.3) is 0 Å². The summed E-state index contributed by atoms with van der Waals surface area (Å²) in [4.78, 5) is 47.9. The average Bonchev–Trinajstić information content (AvgIpc) is 2.70. The smallest absolute Gasteiger partial charge is 0.338 e. The molecule has 1 aliphatic rings. The molecule has 0 radical (unpaired) electrons. The van der Waals surface area contributed by atoms with Gasteiger partial charge in [-0.15, -0.1) is 0 Å². The molecule has 0 bridgehead atoms. The van der Waals surface area contributed by atoms with E-state index in [0.717, 1.165) is 0 Å². The fraction of sp³-hybridized carbons (Fsp3) is 0.368. The third-order valence-corrected chi connectivity index (χ3v) is 3.95. The number of carbonyl (C=O) groups is 4. The van der Waals surface area contributed by atoms with Crippen molar-refractivity contribution in [2.75, 3.05) is 19.8 Å². The highest BCUT2D eigenvalue weighted by molar-refractivity contribution is 5.96. The minimum atomic E-state index is -0.708. The highest BCUT2D eigenvalue weighted by Gasteiger charge is 2.32. The maximum absolute atomic E-state index is 12.2. The molecule has 1 atom stereocenters. The van der Waals surface area contributed by atoms with Crippen molar-refractivity contribution in [3.63, 3.8) is 0 Å². The number of ether oxygens (including phenoxy) is 2. The standard InChI is InChI=1S/C19H23N3O6/c1-3-13-16(18(25)27-4-2)14(22-19(26)21-13)11-28-15(23)10-20-17(24)12-8-6-5-7-9-12/h5-9,13H,3-4,10-11H2,1-2H3,(H,20,24)(H2,21,22,26)/t13-/m1/s1. The number of carbonyl (C=O) groups excluding carboxylic acids is 4. The summed E-state index contributed by atoms with van der Waals surface area (Å²) in [7, 11) is 0. The Morgan fingerprint density at radius 3 is 2.46 bits per heavy atom. The molecule has 28 heavy (non-hydrogen) atoms. The van der Waals surface area contributed by atoms with Crippen LogP contribution < -0.4 is 16.0 Å². The number of esters is 2. The SMILES string of the molecule is CCOC(=O)C1=C(COC(=O)CNC(=O)c2ccccc2)NC(=O)N[C@@H]1CC. The topological polar surface area (TPSA) is 123 Å². The van der Waals surface area contributed by atoms with E-state index in [-0.39, 0.29) is 31.0 Å². The molecule has 0 aliphatic carbocycles. The Morgan fingerprint density at radius 2 is 1.82 bits per heavy atom. The first-order valence-corrected chi connectivity index (χ1v) is 8.92. The van der Waals surface area contributed by atoms with Crippen molar-refractivity contribution in [2.24, 2.45) is 0 Å². The molecule has 150 valence electrons. The summed E-state index contributed by atoms with van der Waals surface area (Å²) in [6.07, 6.45) is 0.464. The maximum atomic E-state index is 12.2. The summed E-state index contributed by atoms with van der Waals surface area (Å²) in [6, 6.07) is 7.39. The van der Waals surface area contributed by atoms with Crippen molar-refractivity contribution >= 4 is 23.9 Å². The van der Waals surface area contributed by atoms with Crippen molar-refractivity contribution in [2.45, 2.75) is 26.3 Å². The van der Waals surface area contributed by atoms with Crippen molar-refractivity contribution in [3.8, 4) is 0 Å². The Hall–Kier alpha value is -3.36. The molecule has 1 aromatic rings. The minimum Gasteiger partial charge on any atom is -0.463 e. The van der Waals surface area contributed by atoms with Gasteiger partial charge in [-0.25, -0.2) is 9.59 Å². The van der Waals surface area contributed by atoms with Crippen LogP contribution in [0.15, 0.2) is 41.6 Å². The summed E-state index contributed by atoms with van der Waals surface area (Å²) in [5.74, 6) is -1.71. The Labute approximate surface area is 162 Å². The van der Waals surface area contributed by atoms with E-state index in [0.29, 0.717) is 12.0 Å². The molecule has 9 nitrogen and oxygen atoms in total. The van der Waals surface area contributed by atoms with Gasteiger partial charge in [0, 0.05) is 5.56 Å². The van der Waals surface area contributed by atoms with Crippen molar-refractivity contribution < 1.29 is 28.7 Å². The lowest BCUT2D eigenvalue weighted by Gasteiger charge is -2.28. The fourth-order valence-electron chi connectivity index (χ4n) is 2.62. The van der Waals surface area contributed by atoms with Crippen molar-refractivity contribution in [1.82, 2.24) is 16.0 Å². The van der Waals surface area contributed by atoms with Gasteiger partial charge in [0.25, 0.3) is 5.91 Å². The monoisotopic (exact) mass is 389 g/mol. The second kappa shape index (κ2) is 10.1. The van der Waals surface area contributed by atoms with Gasteiger partial charge < -0.3 is 25.4 Å². The number of rotatable bonds is 8. The van der Waals surface area contributed by atoms with Gasteiger partial charge in [-0.3, -0.25) is 9.59 Å². The van der Waals surface area contributed by atoms with Crippen LogP contribution in [-0.4, -0.2) is 49.7 Å². The van der Waals surface area contributed by atoms with Crippen LogP contribution >= 0.6 is 0 Å². The quantitative estimate of drug-likeness (QED) is 0.567. The summed E-state index contributed by atoms with van der Waals surface area (Å²) in [5, 5.41) is 7.55. The predicted octanol–water partition coefficient (Wildman–Crippen LogP) is 0.868. The molecule has 0 aromatic heterocycles. The molecular weight excluding hydrogens is 366 g/mol. The summed E-state index contributed by atoms with van der Waals surface area (Å²) in [5.41, 5.74) is 0.792. The number of benzene rings is 1. The number of urea groups is 1. The average molecular weight is 389 g/mol. The number of amides is 3. The fourth-order valence-corrected chi connectivity index (χ4v) is 2.62. The first-order valence-electron chi connectivity index (χ1n) is 8.92. The lowest BCUT2D eigenvalue weighted by Crippen LogP contribution is -2.51. The van der Waals surface area contributed by atoms with Gasteiger partial charge in [0.2, 0.25) is 0 Å². The normalized spacial score (nSPS) is 15.9. The van der Waals surface area contributed by atoms with E-state index in [9.17, 15) is 19.2 Å². The Balaban J connectivity index is 1.98. The highest BCUT2D eigenvalue weighted by Crippen LogP contribution is 2.17. The highest BCUT2D eigenvalue weighted by atomic mass is 16.5. The molecule has 0 saturated carbocycles. The van der Waals surface area contributed by atoms with E-state index >= 15 is 0 Å². The third kappa shape index (κ3) is 5.57. The Bertz CT molecular complexity index is 775. The number of nitrogens with one attached hydrogen (secondary N) is 3. The predicted molar refractivity (Wildman–Crippen MR) is 99.1 cm³/mol. The summed E-state index contributed by atoms with van der Waals surface area (Å²) in [6.45, 7) is 2.98. The zero-order valence-electron chi connectivity index (χ0n) is 15.7. The second-order valence-electron chi connectivity index (χ2n) is 5.88. The van der Waals surface area contributed by atoms with Crippen LogP contribution in [0.2, 0.25) is 0 Å². The van der Waals surface area contributed by atoms with Gasteiger partial charge in [0.05, 0.1) is 23.9 Å². The molecule has 2 rings (SSSR count). The first kappa shape index (κ1) is 20.9. The molecule has 1 aromatic carbocycles. The minimum absolute atomic E-state index is 0.164. The summed E-state index contributed by atoms with van der Waals surface area (Å²) < 4.78 is 10.1. The van der Waals surface area contributed by atoms with Crippen molar-refractivity contribution in [3.05, 3.63) is 47.2 Å². The lowest BCUT2D eigenvalue weighted by atomic mass is 10.0. The van der Waals surface area contributed by atoms with E-state index in [4.69, 9.17) is 9.47 Å². The van der Waals surface area contributed by atoms with E-state index < -0.39 is 29.9 Å². The van der Waals surface area contributed by atoms with E-state index in [2.05, 4.69) is 16.0 Å². The lowest BCUT2D eigenvalue weighted by molar-refractivity contribution is -0.142. The zero-order chi connectivity index (χ0) is 20.5. The second-order valence-corrected chi connectivity index (χ2v) is 5.88. The van der Waals surface area contributed by atoms with E-state index in [1.54, 1.807) is 44.2 Å². The van der Waals surface area contributed by atoms with Crippen LogP contribution in [-0.2, 0) is 19.1 Å². The van der Waals surface area contributed by atoms with Crippen LogP contribution in [0, 0.1) is 0 Å². The van der Waals surface area contributed by atoms with Crippen LogP contribution in [0.3, 0.4) is 0 Å². The van der Waals surface area contributed by atoms with Crippen molar-refractivity contribution in [1.29, 1.82) is 0 Å². The van der Waals surface area contributed by atoms with Gasteiger partial charge >= 0.3 is 18.0 Å². The molecule has 3 N–H and O–H groups in total. The van der Waals surface area contributed by atoms with Crippen LogP contribution in [0.4, 0.5) is 4.79 Å². The van der Waals surface area contributed by atoms with Crippen LogP contribution in [0.1, 0.15) is 30.6 Å². The first-order chi connectivity index (χ1) is 13.5. The number of hydrogen-bond acceptors (Lipinski definition) is 6. The molecule has 3 amide bonds. The van der Waals surface area contributed by atoms with Gasteiger partial charge in [-0.2, -0.15) is 0 Å². The van der Waals surface area contributed by atoms with Gasteiger partial charge in [-0.1, -0.05) is 25.1 Å². The molecule has 1 aliphatic heterocycles. The van der Waals surface area contributed by atoms with E-state index in [1.165, 1.54) is 0 Å². The number of hydrogen-bond donors (Lipinski definition) is 3. The van der Waals surface area contributed by atoms with E-state index in [1.807, 2.05) is 0 Å².